The quantitative estimate of drug-likeness (QED) is 0.534. The summed E-state index contributed by atoms with van der Waals surface area (Å²) in [6.07, 6.45) is 1.47. The molecule has 0 aliphatic carbocycles. The zero-order chi connectivity index (χ0) is 18.8. The van der Waals surface area contributed by atoms with Crippen molar-refractivity contribution in [1.82, 2.24) is 5.32 Å². The van der Waals surface area contributed by atoms with Gasteiger partial charge < -0.3 is 9.73 Å². The van der Waals surface area contributed by atoms with Gasteiger partial charge in [0.05, 0.1) is 11.8 Å². The van der Waals surface area contributed by atoms with Crippen LogP contribution in [0.25, 0.3) is 22.1 Å². The van der Waals surface area contributed by atoms with Gasteiger partial charge in [-0.05, 0) is 41.0 Å². The molecule has 0 aliphatic rings. The molecule has 3 aromatic carbocycles. The fourth-order valence-electron chi connectivity index (χ4n) is 3.03. The first-order valence-corrected chi connectivity index (χ1v) is 8.41. The van der Waals surface area contributed by atoms with Crippen molar-refractivity contribution in [3.63, 3.8) is 0 Å². The first-order valence-electron chi connectivity index (χ1n) is 8.41. The van der Waals surface area contributed by atoms with Gasteiger partial charge in [0.25, 0.3) is 5.91 Å². The lowest BCUT2D eigenvalue weighted by Crippen LogP contribution is -2.22. The minimum Gasteiger partial charge on any atom is -0.463 e. The summed E-state index contributed by atoms with van der Waals surface area (Å²) in [6.45, 7) is 0.396. The molecule has 0 saturated carbocycles. The van der Waals surface area contributed by atoms with Crippen LogP contribution >= 0.6 is 0 Å². The van der Waals surface area contributed by atoms with E-state index in [0.717, 1.165) is 17.7 Å². The smallest absolute Gasteiger partial charge is 0.255 e. The van der Waals surface area contributed by atoms with E-state index in [9.17, 15) is 13.6 Å². The first-order chi connectivity index (χ1) is 13.1. The molecule has 4 aromatic rings. The summed E-state index contributed by atoms with van der Waals surface area (Å²) in [6, 6.07) is 18.3. The molecule has 0 aliphatic heterocycles. The SMILES string of the molecule is O=C(NCc1ccccc1)c1ccc(-c2ccc(F)c(F)c2)c2ccoc12. The van der Waals surface area contributed by atoms with Crippen LogP contribution in [0.15, 0.2) is 77.4 Å². The second-order valence-electron chi connectivity index (χ2n) is 6.12. The molecule has 4 rings (SSSR count). The normalized spacial score (nSPS) is 10.9. The Morgan fingerprint density at radius 3 is 2.52 bits per heavy atom. The van der Waals surface area contributed by atoms with Crippen molar-refractivity contribution in [2.24, 2.45) is 0 Å². The predicted molar refractivity (Wildman–Crippen MR) is 99.2 cm³/mol. The zero-order valence-electron chi connectivity index (χ0n) is 14.2. The van der Waals surface area contributed by atoms with Gasteiger partial charge in [0.1, 0.15) is 5.58 Å². The summed E-state index contributed by atoms with van der Waals surface area (Å²) in [7, 11) is 0. The third-order valence-corrected chi connectivity index (χ3v) is 4.39. The van der Waals surface area contributed by atoms with Gasteiger partial charge in [0, 0.05) is 11.9 Å². The molecule has 0 spiro atoms. The third-order valence-electron chi connectivity index (χ3n) is 4.39. The number of furan rings is 1. The van der Waals surface area contributed by atoms with Crippen molar-refractivity contribution in [1.29, 1.82) is 0 Å². The predicted octanol–water partition coefficient (Wildman–Crippen LogP) is 5.31. The fourth-order valence-corrected chi connectivity index (χ4v) is 3.03. The van der Waals surface area contributed by atoms with Crippen molar-refractivity contribution in [2.75, 3.05) is 0 Å². The van der Waals surface area contributed by atoms with Crippen LogP contribution in [-0.4, -0.2) is 5.91 Å². The summed E-state index contributed by atoms with van der Waals surface area (Å²) in [4.78, 5) is 12.6. The van der Waals surface area contributed by atoms with E-state index in [2.05, 4.69) is 5.32 Å². The van der Waals surface area contributed by atoms with E-state index in [-0.39, 0.29) is 5.91 Å². The molecule has 0 bridgehead atoms. The minimum absolute atomic E-state index is 0.268. The molecule has 0 radical (unpaired) electrons. The van der Waals surface area contributed by atoms with Crippen molar-refractivity contribution in [3.05, 3.63) is 95.8 Å². The van der Waals surface area contributed by atoms with Gasteiger partial charge in [0.15, 0.2) is 11.6 Å². The number of benzene rings is 3. The molecule has 0 unspecified atom stereocenters. The number of amides is 1. The topological polar surface area (TPSA) is 42.2 Å². The molecule has 1 aromatic heterocycles. The molecule has 5 heteroatoms. The van der Waals surface area contributed by atoms with E-state index in [1.165, 1.54) is 12.3 Å². The standard InChI is InChI=1S/C22H15F2NO2/c23-19-9-6-15(12-20(19)24)16-7-8-18(21-17(16)10-11-27-21)22(26)25-13-14-4-2-1-3-5-14/h1-12H,13H2,(H,25,26). The number of nitrogens with one attached hydrogen (secondary N) is 1. The number of carbonyl (C=O) groups is 1. The molecule has 134 valence electrons. The van der Waals surface area contributed by atoms with Gasteiger partial charge in [-0.3, -0.25) is 4.79 Å². The molecule has 1 amide bonds. The van der Waals surface area contributed by atoms with Crippen LogP contribution in [0.4, 0.5) is 8.78 Å². The maximum absolute atomic E-state index is 13.6. The van der Waals surface area contributed by atoms with E-state index >= 15 is 0 Å². The second-order valence-corrected chi connectivity index (χ2v) is 6.12. The maximum atomic E-state index is 13.6. The number of hydrogen-bond donors (Lipinski definition) is 1. The Bertz CT molecular complexity index is 1120. The summed E-state index contributed by atoms with van der Waals surface area (Å²) < 4.78 is 32.3. The lowest BCUT2D eigenvalue weighted by Gasteiger charge is -2.09. The number of hydrogen-bond acceptors (Lipinski definition) is 2. The van der Waals surface area contributed by atoms with E-state index in [1.807, 2.05) is 30.3 Å². The van der Waals surface area contributed by atoms with E-state index in [1.54, 1.807) is 18.2 Å². The molecular formula is C22H15F2NO2. The highest BCUT2D eigenvalue weighted by Gasteiger charge is 2.16. The Hall–Kier alpha value is -3.47. The molecule has 1 heterocycles. The van der Waals surface area contributed by atoms with E-state index < -0.39 is 11.6 Å². The van der Waals surface area contributed by atoms with Crippen LogP contribution in [0.1, 0.15) is 15.9 Å². The summed E-state index contributed by atoms with van der Waals surface area (Å²) >= 11 is 0. The lowest BCUT2D eigenvalue weighted by molar-refractivity contribution is 0.0951. The highest BCUT2D eigenvalue weighted by Crippen LogP contribution is 2.32. The van der Waals surface area contributed by atoms with Gasteiger partial charge in [-0.25, -0.2) is 8.78 Å². The average molecular weight is 363 g/mol. The summed E-state index contributed by atoms with van der Waals surface area (Å²) in [5.74, 6) is -2.09. The lowest BCUT2D eigenvalue weighted by atomic mass is 9.99. The molecule has 1 N–H and O–H groups in total. The Labute approximate surface area is 154 Å². The van der Waals surface area contributed by atoms with Crippen LogP contribution in [-0.2, 0) is 6.54 Å². The van der Waals surface area contributed by atoms with Gasteiger partial charge in [-0.15, -0.1) is 0 Å². The van der Waals surface area contributed by atoms with Crippen LogP contribution in [0, 0.1) is 11.6 Å². The van der Waals surface area contributed by atoms with E-state index in [0.29, 0.717) is 34.2 Å². The Kier molecular flexibility index (Phi) is 4.42. The number of carbonyl (C=O) groups excluding carboxylic acids is 1. The highest BCUT2D eigenvalue weighted by atomic mass is 19.2. The highest BCUT2D eigenvalue weighted by molar-refractivity contribution is 6.08. The Morgan fingerprint density at radius 1 is 0.926 bits per heavy atom. The minimum atomic E-state index is -0.922. The molecule has 0 saturated heterocycles. The van der Waals surface area contributed by atoms with Crippen LogP contribution < -0.4 is 5.32 Å². The monoisotopic (exact) mass is 363 g/mol. The van der Waals surface area contributed by atoms with Crippen molar-refractivity contribution in [2.45, 2.75) is 6.54 Å². The molecule has 27 heavy (non-hydrogen) atoms. The first kappa shape index (κ1) is 17.0. The second kappa shape index (κ2) is 7.03. The fraction of sp³-hybridized carbons (Fsp3) is 0.0455. The summed E-state index contributed by atoms with van der Waals surface area (Å²) in [5.41, 5.74) is 2.95. The van der Waals surface area contributed by atoms with Crippen molar-refractivity contribution < 1.29 is 18.0 Å². The van der Waals surface area contributed by atoms with Crippen LogP contribution in [0.3, 0.4) is 0 Å². The molecule has 0 fully saturated rings. The van der Waals surface area contributed by atoms with Gasteiger partial charge in [-0.2, -0.15) is 0 Å². The zero-order valence-corrected chi connectivity index (χ0v) is 14.2. The van der Waals surface area contributed by atoms with E-state index in [4.69, 9.17) is 4.42 Å². The third kappa shape index (κ3) is 3.31. The summed E-state index contributed by atoms with van der Waals surface area (Å²) in [5, 5.41) is 3.52. The molecular weight excluding hydrogens is 348 g/mol. The van der Waals surface area contributed by atoms with Crippen molar-refractivity contribution in [3.8, 4) is 11.1 Å². The largest absolute Gasteiger partial charge is 0.463 e. The van der Waals surface area contributed by atoms with Gasteiger partial charge in [0.2, 0.25) is 0 Å². The van der Waals surface area contributed by atoms with Crippen molar-refractivity contribution >= 4 is 16.9 Å². The van der Waals surface area contributed by atoms with Crippen LogP contribution in [0.5, 0.6) is 0 Å². The van der Waals surface area contributed by atoms with Gasteiger partial charge >= 0.3 is 0 Å². The van der Waals surface area contributed by atoms with Gasteiger partial charge in [-0.1, -0.05) is 42.5 Å². The molecule has 0 atom stereocenters. The Morgan fingerprint density at radius 2 is 1.74 bits per heavy atom. The Balaban J connectivity index is 1.66. The number of fused-ring (bicyclic) bond motifs is 1. The average Bonchev–Trinajstić information content (AvgIpc) is 3.18. The maximum Gasteiger partial charge on any atom is 0.255 e. The molecule has 3 nitrogen and oxygen atoms in total. The van der Waals surface area contributed by atoms with Crippen LogP contribution in [0.2, 0.25) is 0 Å². The number of halogens is 2. The number of rotatable bonds is 4.